The number of hydrogen-bond donors (Lipinski definition) is 1. The van der Waals surface area contributed by atoms with Gasteiger partial charge in [-0.1, -0.05) is 12.1 Å². The van der Waals surface area contributed by atoms with Gasteiger partial charge in [0.25, 0.3) is 0 Å². The SMILES string of the molecule is COc1c(CC(C)N)ccc2ccn(C)c12. The molecule has 0 aliphatic rings. The highest BCUT2D eigenvalue weighted by molar-refractivity contribution is 5.87. The third kappa shape index (κ3) is 1.78. The van der Waals surface area contributed by atoms with Crippen LogP contribution in [0.25, 0.3) is 10.9 Å². The molecule has 86 valence electrons. The number of aromatic nitrogens is 1. The lowest BCUT2D eigenvalue weighted by atomic mass is 10.0. The minimum atomic E-state index is 0.145. The van der Waals surface area contributed by atoms with E-state index >= 15 is 0 Å². The van der Waals surface area contributed by atoms with Gasteiger partial charge in [0, 0.05) is 24.7 Å². The molecule has 0 bridgehead atoms. The molecule has 1 aromatic heterocycles. The number of fused-ring (bicyclic) bond motifs is 1. The van der Waals surface area contributed by atoms with Gasteiger partial charge in [-0.05, 0) is 25.0 Å². The topological polar surface area (TPSA) is 40.2 Å². The van der Waals surface area contributed by atoms with Crippen molar-refractivity contribution in [2.45, 2.75) is 19.4 Å². The van der Waals surface area contributed by atoms with Crippen molar-refractivity contribution in [3.63, 3.8) is 0 Å². The van der Waals surface area contributed by atoms with Crippen LogP contribution >= 0.6 is 0 Å². The van der Waals surface area contributed by atoms with Crippen LogP contribution in [0.3, 0.4) is 0 Å². The first-order chi connectivity index (χ1) is 7.63. The molecule has 2 rings (SSSR count). The molecule has 0 saturated heterocycles. The van der Waals surface area contributed by atoms with Crippen molar-refractivity contribution in [1.82, 2.24) is 4.57 Å². The molecule has 3 heteroatoms. The second-order valence-electron chi connectivity index (χ2n) is 4.30. The van der Waals surface area contributed by atoms with Crippen molar-refractivity contribution in [3.8, 4) is 5.75 Å². The molecule has 0 aliphatic carbocycles. The van der Waals surface area contributed by atoms with Crippen LogP contribution in [0.1, 0.15) is 12.5 Å². The van der Waals surface area contributed by atoms with E-state index < -0.39 is 0 Å². The van der Waals surface area contributed by atoms with Crippen LogP contribution in [-0.2, 0) is 13.5 Å². The van der Waals surface area contributed by atoms with Gasteiger partial charge in [-0.25, -0.2) is 0 Å². The maximum Gasteiger partial charge on any atom is 0.146 e. The second kappa shape index (κ2) is 4.18. The van der Waals surface area contributed by atoms with Gasteiger partial charge in [-0.3, -0.25) is 0 Å². The predicted molar refractivity (Wildman–Crippen MR) is 66.8 cm³/mol. The fraction of sp³-hybridized carbons (Fsp3) is 0.385. The molecule has 1 heterocycles. The number of methoxy groups -OCH3 is 1. The van der Waals surface area contributed by atoms with Gasteiger partial charge in [0.2, 0.25) is 0 Å². The molecule has 1 atom stereocenters. The maximum atomic E-state index is 5.84. The quantitative estimate of drug-likeness (QED) is 0.856. The number of aryl methyl sites for hydroxylation is 1. The van der Waals surface area contributed by atoms with E-state index in [1.54, 1.807) is 7.11 Å². The zero-order chi connectivity index (χ0) is 11.7. The summed E-state index contributed by atoms with van der Waals surface area (Å²) >= 11 is 0. The lowest BCUT2D eigenvalue weighted by Crippen LogP contribution is -2.18. The molecule has 0 fully saturated rings. The Morgan fingerprint density at radius 1 is 1.38 bits per heavy atom. The average molecular weight is 218 g/mol. The lowest BCUT2D eigenvalue weighted by Gasteiger charge is -2.13. The molecule has 1 unspecified atom stereocenters. The number of benzene rings is 1. The van der Waals surface area contributed by atoms with Crippen LogP contribution in [0.15, 0.2) is 24.4 Å². The summed E-state index contributed by atoms with van der Waals surface area (Å²) in [7, 11) is 3.74. The van der Waals surface area contributed by atoms with E-state index in [1.807, 2.05) is 20.2 Å². The third-order valence-electron chi connectivity index (χ3n) is 2.82. The van der Waals surface area contributed by atoms with E-state index in [0.717, 1.165) is 17.7 Å². The molecule has 0 spiro atoms. The lowest BCUT2D eigenvalue weighted by molar-refractivity contribution is 0.411. The molecule has 3 nitrogen and oxygen atoms in total. The fourth-order valence-electron chi connectivity index (χ4n) is 2.13. The Morgan fingerprint density at radius 3 is 2.75 bits per heavy atom. The summed E-state index contributed by atoms with van der Waals surface area (Å²) in [5.41, 5.74) is 8.16. The highest BCUT2D eigenvalue weighted by Gasteiger charge is 2.11. The van der Waals surface area contributed by atoms with Gasteiger partial charge >= 0.3 is 0 Å². The molecule has 0 saturated carbocycles. The van der Waals surface area contributed by atoms with Crippen molar-refractivity contribution in [3.05, 3.63) is 30.0 Å². The Morgan fingerprint density at radius 2 is 2.12 bits per heavy atom. The average Bonchev–Trinajstić information content (AvgIpc) is 2.60. The highest BCUT2D eigenvalue weighted by atomic mass is 16.5. The number of ether oxygens (including phenoxy) is 1. The zero-order valence-electron chi connectivity index (χ0n) is 10.0. The Balaban J connectivity index is 2.61. The van der Waals surface area contributed by atoms with E-state index in [0.29, 0.717) is 0 Å². The van der Waals surface area contributed by atoms with Crippen LogP contribution in [0.4, 0.5) is 0 Å². The van der Waals surface area contributed by atoms with Crippen molar-refractivity contribution in [2.24, 2.45) is 12.8 Å². The third-order valence-corrected chi connectivity index (χ3v) is 2.82. The van der Waals surface area contributed by atoms with Crippen LogP contribution < -0.4 is 10.5 Å². The number of hydrogen-bond acceptors (Lipinski definition) is 2. The molecule has 2 aromatic rings. The first kappa shape index (κ1) is 11.0. The molecule has 0 aliphatic heterocycles. The summed E-state index contributed by atoms with van der Waals surface area (Å²) in [5.74, 6) is 0.947. The Kier molecular flexibility index (Phi) is 2.88. The van der Waals surface area contributed by atoms with E-state index in [1.165, 1.54) is 10.9 Å². The van der Waals surface area contributed by atoms with Crippen LogP contribution in [0.5, 0.6) is 5.75 Å². The minimum absolute atomic E-state index is 0.145. The fourth-order valence-corrected chi connectivity index (χ4v) is 2.13. The van der Waals surface area contributed by atoms with Crippen molar-refractivity contribution < 1.29 is 4.74 Å². The van der Waals surface area contributed by atoms with E-state index in [2.05, 4.69) is 22.8 Å². The van der Waals surface area contributed by atoms with E-state index in [4.69, 9.17) is 10.5 Å². The largest absolute Gasteiger partial charge is 0.494 e. The Bertz CT molecular complexity index is 500. The van der Waals surface area contributed by atoms with Gasteiger partial charge in [0.1, 0.15) is 5.75 Å². The molecule has 1 aromatic carbocycles. The van der Waals surface area contributed by atoms with Crippen molar-refractivity contribution in [1.29, 1.82) is 0 Å². The summed E-state index contributed by atoms with van der Waals surface area (Å²) in [6.07, 6.45) is 2.88. The molecular formula is C13H18N2O. The van der Waals surface area contributed by atoms with Gasteiger partial charge < -0.3 is 15.0 Å². The number of nitrogens with two attached hydrogens (primary N) is 1. The Labute approximate surface area is 95.8 Å². The molecular weight excluding hydrogens is 200 g/mol. The molecule has 2 N–H and O–H groups in total. The summed E-state index contributed by atoms with van der Waals surface area (Å²) in [4.78, 5) is 0. The Hall–Kier alpha value is -1.48. The normalized spacial score (nSPS) is 13.0. The number of rotatable bonds is 3. The van der Waals surface area contributed by atoms with Crippen LogP contribution in [-0.4, -0.2) is 17.7 Å². The molecule has 0 radical (unpaired) electrons. The summed E-state index contributed by atoms with van der Waals surface area (Å²) in [5, 5.41) is 1.20. The summed E-state index contributed by atoms with van der Waals surface area (Å²) in [6.45, 7) is 2.01. The monoisotopic (exact) mass is 218 g/mol. The van der Waals surface area contributed by atoms with Crippen molar-refractivity contribution >= 4 is 10.9 Å². The van der Waals surface area contributed by atoms with E-state index in [9.17, 15) is 0 Å². The highest BCUT2D eigenvalue weighted by Crippen LogP contribution is 2.30. The molecule has 0 amide bonds. The zero-order valence-corrected chi connectivity index (χ0v) is 10.0. The van der Waals surface area contributed by atoms with Crippen molar-refractivity contribution in [2.75, 3.05) is 7.11 Å². The summed E-state index contributed by atoms with van der Waals surface area (Å²) in [6, 6.07) is 6.46. The minimum Gasteiger partial charge on any atom is -0.494 e. The first-order valence-electron chi connectivity index (χ1n) is 5.50. The summed E-state index contributed by atoms with van der Waals surface area (Å²) < 4.78 is 7.60. The first-order valence-corrected chi connectivity index (χ1v) is 5.50. The standard InChI is InChI=1S/C13H18N2O/c1-9(14)8-11-5-4-10-6-7-15(2)12(10)13(11)16-3/h4-7,9H,8,14H2,1-3H3. The predicted octanol–water partition coefficient (Wildman–Crippen LogP) is 2.08. The maximum absolute atomic E-state index is 5.84. The van der Waals surface area contributed by atoms with Crippen LogP contribution in [0.2, 0.25) is 0 Å². The number of nitrogens with zero attached hydrogens (tertiary/aromatic N) is 1. The smallest absolute Gasteiger partial charge is 0.146 e. The van der Waals surface area contributed by atoms with Crippen LogP contribution in [0, 0.1) is 0 Å². The van der Waals surface area contributed by atoms with Gasteiger partial charge in [0.05, 0.1) is 12.6 Å². The van der Waals surface area contributed by atoms with Gasteiger partial charge in [-0.2, -0.15) is 0 Å². The van der Waals surface area contributed by atoms with Gasteiger partial charge in [0.15, 0.2) is 0 Å². The van der Waals surface area contributed by atoms with Gasteiger partial charge in [-0.15, -0.1) is 0 Å². The van der Waals surface area contributed by atoms with E-state index in [-0.39, 0.29) is 6.04 Å². The molecule has 16 heavy (non-hydrogen) atoms. The second-order valence-corrected chi connectivity index (χ2v) is 4.30.